The Labute approximate surface area is 578 Å². The minimum absolute atomic E-state index is 0.0245. The molecule has 0 bridgehead atoms. The lowest BCUT2D eigenvalue weighted by Crippen LogP contribution is -2.37. The number of quaternary nitrogens is 1. The van der Waals surface area contributed by atoms with Crippen LogP contribution in [0.3, 0.4) is 0 Å². The van der Waals surface area contributed by atoms with E-state index in [1.807, 2.05) is 21.1 Å². The van der Waals surface area contributed by atoms with Crippen LogP contribution in [-0.2, 0) is 32.7 Å². The maximum atomic E-state index is 12.9. The van der Waals surface area contributed by atoms with E-state index in [4.69, 9.17) is 18.5 Å². The van der Waals surface area contributed by atoms with Crippen molar-refractivity contribution in [2.75, 3.05) is 47.5 Å². The van der Waals surface area contributed by atoms with Gasteiger partial charge in [0.25, 0.3) is 0 Å². The summed E-state index contributed by atoms with van der Waals surface area (Å²) in [5.74, 6) is -0.802. The van der Waals surface area contributed by atoms with Crippen molar-refractivity contribution in [3.05, 3.63) is 170 Å². The number of allylic oxidation sites excluding steroid dienone is 28. The molecule has 0 spiro atoms. The van der Waals surface area contributed by atoms with Crippen molar-refractivity contribution in [1.29, 1.82) is 0 Å². The molecule has 0 aliphatic carbocycles. The van der Waals surface area contributed by atoms with Crippen molar-refractivity contribution in [2.45, 2.75) is 302 Å². The molecule has 0 aromatic heterocycles. The smallest absolute Gasteiger partial charge is 0.462 e. The van der Waals surface area contributed by atoms with E-state index in [2.05, 4.69) is 184 Å². The van der Waals surface area contributed by atoms with Gasteiger partial charge in [-0.05, 0) is 128 Å². The minimum Gasteiger partial charge on any atom is -0.462 e. The van der Waals surface area contributed by atoms with Crippen molar-refractivity contribution in [3.63, 3.8) is 0 Å². The molecule has 2 atom stereocenters. The molecule has 1 N–H and O–H groups in total. The average molecular weight is 1320 g/mol. The molecule has 0 heterocycles. The number of carbonyl (C=O) groups excluding carboxylic acids is 2. The number of esters is 2. The van der Waals surface area contributed by atoms with Crippen LogP contribution in [0.4, 0.5) is 0 Å². The number of hydrogen-bond acceptors (Lipinski definition) is 7. The Hall–Kier alpha value is -4.63. The average Bonchev–Trinajstić information content (AvgIpc) is 1.56. The Kier molecular flexibility index (Phi) is 69.1. The van der Waals surface area contributed by atoms with Crippen LogP contribution in [0.5, 0.6) is 0 Å². The van der Waals surface area contributed by atoms with Crippen molar-refractivity contribution < 1.29 is 42.1 Å². The zero-order valence-electron chi connectivity index (χ0n) is 60.9. The quantitative estimate of drug-likeness (QED) is 0.0211. The van der Waals surface area contributed by atoms with Crippen molar-refractivity contribution in [2.24, 2.45) is 0 Å². The molecule has 0 saturated heterocycles. The standard InChI is InChI=1S/C84H140NO8P/c1-6-8-10-12-14-16-18-20-22-24-26-28-30-32-34-36-38-40-41-42-43-45-47-49-51-53-55-57-59-61-63-65-67-69-71-73-75-77-84(87)93-82(81-92-94(88,89)91-79-78-85(3,4)5)80-90-83(86)76-74-72-70-68-66-64-62-60-58-56-54-52-50-48-46-44-39-37-35-33-31-29-27-25-23-21-19-17-15-13-11-9-7-2/h8-11,14-17,20-23,26-29,32-35,38-40,42-44,47,49,82H,6-7,12-13,18-19,24-25,30-31,36-37,41,45-46,48,50-81H2,1-5H3/p+1/b10-8-,11-9-,16-14-,17-15-,22-20-,23-21-,28-26-,29-27-,34-32-,35-33-,40-38-,43-42-,44-39-,49-47-. The van der Waals surface area contributed by atoms with Gasteiger partial charge in [-0.1, -0.05) is 325 Å². The highest BCUT2D eigenvalue weighted by molar-refractivity contribution is 7.47. The Morgan fingerprint density at radius 2 is 0.574 bits per heavy atom. The molecule has 0 aromatic carbocycles. The summed E-state index contributed by atoms with van der Waals surface area (Å²) in [7, 11) is 1.46. The monoisotopic (exact) mass is 1320 g/mol. The third-order valence-corrected chi connectivity index (χ3v) is 16.7. The van der Waals surface area contributed by atoms with Crippen molar-refractivity contribution in [1.82, 2.24) is 0 Å². The van der Waals surface area contributed by atoms with Crippen LogP contribution < -0.4 is 0 Å². The van der Waals surface area contributed by atoms with Crippen LogP contribution in [0.1, 0.15) is 296 Å². The second kappa shape index (κ2) is 72.6. The second-order valence-corrected chi connectivity index (χ2v) is 27.4. The molecular weight excluding hydrogens is 1180 g/mol. The summed E-state index contributed by atoms with van der Waals surface area (Å²) < 4.78 is 34.8. The van der Waals surface area contributed by atoms with Gasteiger partial charge in [0.2, 0.25) is 0 Å². The number of ether oxygens (including phenoxy) is 2. The Morgan fingerprint density at radius 3 is 0.851 bits per heavy atom. The fourth-order valence-corrected chi connectivity index (χ4v) is 10.8. The van der Waals surface area contributed by atoms with Crippen LogP contribution in [0.25, 0.3) is 0 Å². The third kappa shape index (κ3) is 76.4. The lowest BCUT2D eigenvalue weighted by Gasteiger charge is -2.24. The molecule has 2 unspecified atom stereocenters. The van der Waals surface area contributed by atoms with Crippen LogP contribution in [-0.4, -0.2) is 74.9 Å². The van der Waals surface area contributed by atoms with Gasteiger partial charge in [0.15, 0.2) is 6.10 Å². The lowest BCUT2D eigenvalue weighted by molar-refractivity contribution is -0.870. The van der Waals surface area contributed by atoms with E-state index >= 15 is 0 Å². The molecule has 10 heteroatoms. The predicted octanol–water partition coefficient (Wildman–Crippen LogP) is 25.3. The number of phosphoric ester groups is 1. The number of unbranched alkanes of at least 4 members (excludes halogenated alkanes) is 26. The lowest BCUT2D eigenvalue weighted by atomic mass is 10.0. The van der Waals surface area contributed by atoms with E-state index in [1.165, 1.54) is 135 Å². The normalized spacial score (nSPS) is 14.1. The Bertz CT molecular complexity index is 2200. The molecule has 0 amide bonds. The number of rotatable bonds is 68. The zero-order valence-corrected chi connectivity index (χ0v) is 61.8. The number of nitrogens with zero attached hydrogens (tertiary/aromatic N) is 1. The Morgan fingerprint density at radius 1 is 0.330 bits per heavy atom. The van der Waals surface area contributed by atoms with Gasteiger partial charge in [0.1, 0.15) is 19.8 Å². The third-order valence-electron chi connectivity index (χ3n) is 15.7. The number of phosphoric acid groups is 1. The molecule has 534 valence electrons. The first-order valence-corrected chi connectivity index (χ1v) is 39.4. The van der Waals surface area contributed by atoms with E-state index in [1.54, 1.807) is 0 Å². The van der Waals surface area contributed by atoms with Crippen LogP contribution in [0.15, 0.2) is 170 Å². The van der Waals surface area contributed by atoms with Crippen LogP contribution in [0, 0.1) is 0 Å². The molecule has 0 rings (SSSR count). The minimum atomic E-state index is -4.41. The molecular formula is C84H141NO8P+. The first-order valence-electron chi connectivity index (χ1n) is 37.9. The topological polar surface area (TPSA) is 108 Å². The van der Waals surface area contributed by atoms with E-state index in [-0.39, 0.29) is 32.0 Å². The van der Waals surface area contributed by atoms with Gasteiger partial charge in [-0.2, -0.15) is 0 Å². The first-order chi connectivity index (χ1) is 46.0. The molecule has 9 nitrogen and oxygen atoms in total. The highest BCUT2D eigenvalue weighted by atomic mass is 31.2. The van der Waals surface area contributed by atoms with Crippen molar-refractivity contribution >= 4 is 19.8 Å². The molecule has 0 aliphatic heterocycles. The van der Waals surface area contributed by atoms with E-state index < -0.39 is 26.5 Å². The van der Waals surface area contributed by atoms with Gasteiger partial charge in [-0.25, -0.2) is 4.57 Å². The summed E-state index contributed by atoms with van der Waals surface area (Å²) in [5, 5.41) is 0. The predicted molar refractivity (Wildman–Crippen MR) is 408 cm³/mol. The molecule has 0 fully saturated rings. The zero-order chi connectivity index (χ0) is 68.3. The van der Waals surface area contributed by atoms with E-state index in [9.17, 15) is 19.0 Å². The number of likely N-dealkylation sites (N-methyl/N-ethyl adjacent to an activating group) is 1. The first kappa shape index (κ1) is 89.4. The summed E-state index contributed by atoms with van der Waals surface area (Å²) in [6, 6.07) is 0. The fourth-order valence-electron chi connectivity index (χ4n) is 10.0. The maximum Gasteiger partial charge on any atom is 0.472 e. The highest BCUT2D eigenvalue weighted by Gasteiger charge is 2.27. The summed E-state index contributed by atoms with van der Waals surface area (Å²) in [6.07, 6.45) is 110. The van der Waals surface area contributed by atoms with Gasteiger partial charge < -0.3 is 18.9 Å². The summed E-state index contributed by atoms with van der Waals surface area (Å²) >= 11 is 0. The van der Waals surface area contributed by atoms with Crippen LogP contribution in [0.2, 0.25) is 0 Å². The van der Waals surface area contributed by atoms with E-state index in [0.717, 1.165) is 128 Å². The molecule has 0 saturated carbocycles. The van der Waals surface area contributed by atoms with Gasteiger partial charge in [-0.3, -0.25) is 18.6 Å². The summed E-state index contributed by atoms with van der Waals surface area (Å²) in [4.78, 5) is 36.0. The summed E-state index contributed by atoms with van der Waals surface area (Å²) in [6.45, 7) is 4.21. The van der Waals surface area contributed by atoms with Gasteiger partial charge >= 0.3 is 19.8 Å². The van der Waals surface area contributed by atoms with Gasteiger partial charge in [0.05, 0.1) is 27.7 Å². The van der Waals surface area contributed by atoms with Gasteiger partial charge in [0, 0.05) is 12.8 Å². The number of hydrogen-bond donors (Lipinski definition) is 1. The fraction of sp³-hybridized carbons (Fsp3) is 0.643. The largest absolute Gasteiger partial charge is 0.472 e. The molecule has 0 aromatic rings. The highest BCUT2D eigenvalue weighted by Crippen LogP contribution is 2.43. The summed E-state index contributed by atoms with van der Waals surface area (Å²) in [5.41, 5.74) is 0. The van der Waals surface area contributed by atoms with E-state index in [0.29, 0.717) is 17.4 Å². The SMILES string of the molecule is CC/C=C\C/C=C\C/C=C\C/C=C\C/C=C\C/C=C\C/C=C\C/C=C\CCCCCCCCCCCCCCC(=O)OC(COC(=O)CCCCCCCCCCCCCCCC/C=C\C/C=C\C/C=C\C/C=C\C/C=C\C/C=C\CC)COP(=O)(O)OCC[N+](C)(C)C. The Balaban J connectivity index is 4.06. The van der Waals surface area contributed by atoms with Gasteiger partial charge in [-0.15, -0.1) is 0 Å². The molecule has 0 radical (unpaired) electrons. The second-order valence-electron chi connectivity index (χ2n) is 25.9. The maximum absolute atomic E-state index is 12.9. The molecule has 94 heavy (non-hydrogen) atoms. The van der Waals surface area contributed by atoms with Crippen LogP contribution >= 0.6 is 7.82 Å². The molecule has 0 aliphatic rings. The number of carbonyl (C=O) groups is 2. The van der Waals surface area contributed by atoms with Crippen molar-refractivity contribution in [3.8, 4) is 0 Å².